The maximum atomic E-state index is 13.2. The first-order valence-corrected chi connectivity index (χ1v) is 5.43. The lowest BCUT2D eigenvalue weighted by Gasteiger charge is -2.11. The van der Waals surface area contributed by atoms with Crippen molar-refractivity contribution >= 4 is 0 Å². The molecule has 1 N–H and O–H groups in total. The van der Waals surface area contributed by atoms with Crippen molar-refractivity contribution in [3.63, 3.8) is 0 Å². The third-order valence-electron chi connectivity index (χ3n) is 2.35. The number of rotatable bonds is 2. The molecule has 90 valence electrons. The lowest BCUT2D eigenvalue weighted by atomic mass is 10.1. The Balaban J connectivity index is 2.27. The Hall–Kier alpha value is -1.41. The molecule has 0 aliphatic carbocycles. The third-order valence-corrected chi connectivity index (χ3v) is 2.35. The van der Waals surface area contributed by atoms with E-state index in [0.717, 1.165) is 0 Å². The summed E-state index contributed by atoms with van der Waals surface area (Å²) in [5, 5.41) is 8.66. The van der Waals surface area contributed by atoms with Crippen molar-refractivity contribution in [2.75, 3.05) is 19.8 Å². The number of aliphatic hydroxyl groups excluding tert-OH is 1. The number of aliphatic hydroxyl groups is 1. The highest BCUT2D eigenvalue weighted by Gasteiger charge is 2.21. The lowest BCUT2D eigenvalue weighted by Crippen LogP contribution is -2.02. The first-order valence-electron chi connectivity index (χ1n) is 5.43. The molecule has 1 fully saturated rings. The Bertz CT molecular complexity index is 442. The Kier molecular flexibility index (Phi) is 4.10. The Labute approximate surface area is 99.2 Å². The van der Waals surface area contributed by atoms with Crippen molar-refractivity contribution in [3.8, 4) is 11.8 Å². The molecular formula is C13H13FO3. The van der Waals surface area contributed by atoms with Crippen LogP contribution in [0.2, 0.25) is 0 Å². The van der Waals surface area contributed by atoms with Gasteiger partial charge in [-0.25, -0.2) is 4.39 Å². The molecule has 17 heavy (non-hydrogen) atoms. The SMILES string of the molecule is OCCC#Cc1ccc(F)cc1C1OCCO1. The number of hydrogen-bond acceptors (Lipinski definition) is 3. The highest BCUT2D eigenvalue weighted by molar-refractivity contribution is 5.42. The van der Waals surface area contributed by atoms with Gasteiger partial charge in [-0.3, -0.25) is 0 Å². The molecule has 1 aromatic carbocycles. The van der Waals surface area contributed by atoms with Gasteiger partial charge in [-0.05, 0) is 18.2 Å². The largest absolute Gasteiger partial charge is 0.395 e. The zero-order valence-electron chi connectivity index (χ0n) is 9.28. The summed E-state index contributed by atoms with van der Waals surface area (Å²) in [4.78, 5) is 0. The van der Waals surface area contributed by atoms with Crippen molar-refractivity contribution < 1.29 is 19.0 Å². The second-order valence-corrected chi connectivity index (χ2v) is 3.58. The minimum absolute atomic E-state index is 0.0138. The standard InChI is InChI=1S/C13H13FO3/c14-11-5-4-10(3-1-2-6-15)12(9-11)13-16-7-8-17-13/h4-5,9,13,15H,2,6-8H2. The molecular weight excluding hydrogens is 223 g/mol. The molecule has 3 nitrogen and oxygen atoms in total. The second-order valence-electron chi connectivity index (χ2n) is 3.58. The average Bonchev–Trinajstić information content (AvgIpc) is 2.85. The number of ether oxygens (including phenoxy) is 2. The van der Waals surface area contributed by atoms with Crippen LogP contribution in [0.5, 0.6) is 0 Å². The molecule has 0 amide bonds. The van der Waals surface area contributed by atoms with Crippen LogP contribution >= 0.6 is 0 Å². The maximum Gasteiger partial charge on any atom is 0.185 e. The minimum Gasteiger partial charge on any atom is -0.395 e. The van der Waals surface area contributed by atoms with E-state index in [9.17, 15) is 4.39 Å². The molecule has 2 rings (SSSR count). The summed E-state index contributed by atoms with van der Waals surface area (Å²) in [6.07, 6.45) is -0.146. The van der Waals surface area contributed by atoms with E-state index in [1.54, 1.807) is 6.07 Å². The summed E-state index contributed by atoms with van der Waals surface area (Å²) in [6, 6.07) is 4.32. The molecule has 0 radical (unpaired) electrons. The number of benzene rings is 1. The molecule has 0 unspecified atom stereocenters. The van der Waals surface area contributed by atoms with E-state index in [4.69, 9.17) is 14.6 Å². The molecule has 1 aliphatic heterocycles. The molecule has 0 aromatic heterocycles. The van der Waals surface area contributed by atoms with E-state index >= 15 is 0 Å². The normalized spacial score (nSPS) is 15.6. The number of hydrogen-bond donors (Lipinski definition) is 1. The van der Waals surface area contributed by atoms with Gasteiger partial charge in [0.2, 0.25) is 0 Å². The van der Waals surface area contributed by atoms with E-state index in [1.807, 2.05) is 0 Å². The summed E-state index contributed by atoms with van der Waals surface area (Å²) in [7, 11) is 0. The van der Waals surface area contributed by atoms with Gasteiger partial charge < -0.3 is 14.6 Å². The molecule has 1 aromatic rings. The Morgan fingerprint density at radius 2 is 2.12 bits per heavy atom. The fourth-order valence-corrected chi connectivity index (χ4v) is 1.59. The third kappa shape index (κ3) is 3.04. The monoisotopic (exact) mass is 236 g/mol. The van der Waals surface area contributed by atoms with Crippen LogP contribution in [0.15, 0.2) is 18.2 Å². The predicted octanol–water partition coefficient (Wildman–Crippen LogP) is 1.60. The quantitative estimate of drug-likeness (QED) is 0.793. The van der Waals surface area contributed by atoms with Gasteiger partial charge in [0.15, 0.2) is 6.29 Å². The predicted molar refractivity (Wildman–Crippen MR) is 59.6 cm³/mol. The smallest absolute Gasteiger partial charge is 0.185 e. The maximum absolute atomic E-state index is 13.2. The molecule has 1 saturated heterocycles. The van der Waals surface area contributed by atoms with Crippen molar-refractivity contribution in [1.29, 1.82) is 0 Å². The van der Waals surface area contributed by atoms with Crippen LogP contribution < -0.4 is 0 Å². The van der Waals surface area contributed by atoms with Gasteiger partial charge in [-0.15, -0.1) is 0 Å². The first kappa shape index (κ1) is 12.1. The zero-order chi connectivity index (χ0) is 12.1. The minimum atomic E-state index is -0.538. The van der Waals surface area contributed by atoms with Gasteiger partial charge in [-0.2, -0.15) is 0 Å². The van der Waals surface area contributed by atoms with Crippen LogP contribution in [0.4, 0.5) is 4.39 Å². The summed E-state index contributed by atoms with van der Waals surface area (Å²) in [5.41, 5.74) is 1.28. The van der Waals surface area contributed by atoms with E-state index < -0.39 is 6.29 Å². The molecule has 1 aliphatic rings. The summed E-state index contributed by atoms with van der Waals surface area (Å²) >= 11 is 0. The van der Waals surface area contributed by atoms with Gasteiger partial charge >= 0.3 is 0 Å². The molecule has 0 bridgehead atoms. The van der Waals surface area contributed by atoms with Gasteiger partial charge in [0.1, 0.15) is 5.82 Å². The molecule has 0 saturated carbocycles. The van der Waals surface area contributed by atoms with Crippen LogP contribution in [0.25, 0.3) is 0 Å². The van der Waals surface area contributed by atoms with E-state index in [1.165, 1.54) is 12.1 Å². The topological polar surface area (TPSA) is 38.7 Å². The van der Waals surface area contributed by atoms with E-state index in [-0.39, 0.29) is 12.4 Å². The van der Waals surface area contributed by atoms with Crippen LogP contribution in [0.1, 0.15) is 23.8 Å². The summed E-state index contributed by atoms with van der Waals surface area (Å²) < 4.78 is 23.9. The van der Waals surface area contributed by atoms with Crippen LogP contribution in [-0.4, -0.2) is 24.9 Å². The second kappa shape index (κ2) is 5.78. The molecule has 0 atom stereocenters. The van der Waals surface area contributed by atoms with Crippen molar-refractivity contribution in [2.45, 2.75) is 12.7 Å². The summed E-state index contributed by atoms with van der Waals surface area (Å²) in [5.74, 6) is 5.34. The van der Waals surface area contributed by atoms with Crippen molar-refractivity contribution in [3.05, 3.63) is 35.1 Å². The van der Waals surface area contributed by atoms with Crippen LogP contribution in [0.3, 0.4) is 0 Å². The Morgan fingerprint density at radius 3 is 2.82 bits per heavy atom. The fraction of sp³-hybridized carbons (Fsp3) is 0.385. The number of halogens is 1. The van der Waals surface area contributed by atoms with Crippen LogP contribution in [0, 0.1) is 17.7 Å². The van der Waals surface area contributed by atoms with Crippen molar-refractivity contribution in [1.82, 2.24) is 0 Å². The first-order chi connectivity index (χ1) is 8.31. The molecule has 4 heteroatoms. The van der Waals surface area contributed by atoms with E-state index in [0.29, 0.717) is 30.8 Å². The van der Waals surface area contributed by atoms with Gasteiger partial charge in [0.05, 0.1) is 19.8 Å². The Morgan fingerprint density at radius 1 is 1.35 bits per heavy atom. The van der Waals surface area contributed by atoms with E-state index in [2.05, 4.69) is 11.8 Å². The average molecular weight is 236 g/mol. The van der Waals surface area contributed by atoms with Crippen LogP contribution in [-0.2, 0) is 9.47 Å². The van der Waals surface area contributed by atoms with Gasteiger partial charge in [-0.1, -0.05) is 11.8 Å². The lowest BCUT2D eigenvalue weighted by molar-refractivity contribution is -0.0444. The van der Waals surface area contributed by atoms with Crippen molar-refractivity contribution in [2.24, 2.45) is 0 Å². The fourth-order valence-electron chi connectivity index (χ4n) is 1.59. The van der Waals surface area contributed by atoms with Gasteiger partial charge in [0.25, 0.3) is 0 Å². The molecule has 0 spiro atoms. The highest BCUT2D eigenvalue weighted by Crippen LogP contribution is 2.26. The highest BCUT2D eigenvalue weighted by atomic mass is 19.1. The zero-order valence-corrected chi connectivity index (χ0v) is 9.28. The molecule has 1 heterocycles. The van der Waals surface area contributed by atoms with Gasteiger partial charge in [0, 0.05) is 17.5 Å². The summed E-state index contributed by atoms with van der Waals surface area (Å²) in [6.45, 7) is 1.02.